The highest BCUT2D eigenvalue weighted by Crippen LogP contribution is 2.42. The van der Waals surface area contributed by atoms with Gasteiger partial charge in [-0.15, -0.1) is 0 Å². The van der Waals surface area contributed by atoms with Crippen molar-refractivity contribution in [3.63, 3.8) is 0 Å². The maximum atomic E-state index is 13.1. The van der Waals surface area contributed by atoms with E-state index in [9.17, 15) is 4.79 Å². The number of anilines is 1. The molecule has 0 saturated heterocycles. The van der Waals surface area contributed by atoms with Gasteiger partial charge < -0.3 is 9.47 Å². The molecule has 3 rings (SSSR count). The van der Waals surface area contributed by atoms with Gasteiger partial charge in [-0.3, -0.25) is 4.90 Å². The van der Waals surface area contributed by atoms with Crippen LogP contribution in [0.3, 0.4) is 0 Å². The highest BCUT2D eigenvalue weighted by Gasteiger charge is 2.35. The number of halogens is 1. The number of fused-ring (bicyclic) bond motifs is 1. The first kappa shape index (κ1) is 19.7. The van der Waals surface area contributed by atoms with Crippen molar-refractivity contribution in [2.45, 2.75) is 52.2 Å². The minimum Gasteiger partial charge on any atom is -0.497 e. The van der Waals surface area contributed by atoms with E-state index in [1.54, 1.807) is 12.0 Å². The Morgan fingerprint density at radius 2 is 1.85 bits per heavy atom. The molecule has 2 aromatic rings. The summed E-state index contributed by atoms with van der Waals surface area (Å²) in [6.07, 6.45) is 1.44. The summed E-state index contributed by atoms with van der Waals surface area (Å²) in [5.41, 5.74) is 3.77. The lowest BCUT2D eigenvalue weighted by Crippen LogP contribution is -2.42. The molecule has 5 heteroatoms. The van der Waals surface area contributed by atoms with E-state index in [1.807, 2.05) is 51.1 Å². The predicted octanol–water partition coefficient (Wildman–Crippen LogP) is 6.20. The van der Waals surface area contributed by atoms with Crippen molar-refractivity contribution < 1.29 is 14.3 Å². The molecule has 4 nitrogen and oxygen atoms in total. The van der Waals surface area contributed by atoms with Crippen molar-refractivity contribution in [3.8, 4) is 5.75 Å². The lowest BCUT2D eigenvalue weighted by atomic mass is 9.90. The Morgan fingerprint density at radius 3 is 2.44 bits per heavy atom. The number of rotatable bonds is 2. The topological polar surface area (TPSA) is 38.8 Å². The van der Waals surface area contributed by atoms with Crippen LogP contribution in [-0.2, 0) is 11.2 Å². The first-order valence-electron chi connectivity index (χ1n) is 9.15. The average Bonchev–Trinajstić information content (AvgIpc) is 2.60. The molecule has 2 aromatic carbocycles. The third kappa shape index (κ3) is 4.29. The summed E-state index contributed by atoms with van der Waals surface area (Å²) in [6.45, 7) is 7.74. The molecule has 144 valence electrons. The fourth-order valence-corrected chi connectivity index (χ4v) is 3.75. The van der Waals surface area contributed by atoms with Crippen LogP contribution in [0.1, 0.15) is 49.9 Å². The van der Waals surface area contributed by atoms with E-state index < -0.39 is 5.60 Å². The summed E-state index contributed by atoms with van der Waals surface area (Å²) < 4.78 is 12.0. The molecule has 1 atom stereocenters. The largest absolute Gasteiger partial charge is 0.497 e. The zero-order valence-electron chi connectivity index (χ0n) is 16.5. The summed E-state index contributed by atoms with van der Waals surface area (Å²) in [4.78, 5) is 14.9. The Hall–Kier alpha value is -2.01. The highest BCUT2D eigenvalue weighted by molar-refractivity contribution is 9.10. The maximum absolute atomic E-state index is 13.1. The second-order valence-electron chi connectivity index (χ2n) is 7.91. The first-order chi connectivity index (χ1) is 12.7. The molecule has 1 unspecified atom stereocenters. The number of hydrogen-bond donors (Lipinski definition) is 0. The van der Waals surface area contributed by atoms with E-state index in [1.165, 1.54) is 11.1 Å². The second-order valence-corrected chi connectivity index (χ2v) is 8.76. The van der Waals surface area contributed by atoms with Gasteiger partial charge in [0.15, 0.2) is 0 Å². The van der Waals surface area contributed by atoms with E-state index in [4.69, 9.17) is 9.47 Å². The van der Waals surface area contributed by atoms with Gasteiger partial charge in [0.2, 0.25) is 0 Å². The molecule has 0 bridgehead atoms. The molecule has 27 heavy (non-hydrogen) atoms. The number of amides is 1. The van der Waals surface area contributed by atoms with Gasteiger partial charge in [0.1, 0.15) is 11.4 Å². The van der Waals surface area contributed by atoms with Crippen LogP contribution in [0.25, 0.3) is 0 Å². The monoisotopic (exact) mass is 431 g/mol. The van der Waals surface area contributed by atoms with Crippen molar-refractivity contribution in [2.75, 3.05) is 12.0 Å². The number of aryl methyl sites for hydroxylation is 2. The fraction of sp³-hybridized carbons (Fsp3) is 0.409. The van der Waals surface area contributed by atoms with Crippen LogP contribution in [0.5, 0.6) is 5.75 Å². The third-order valence-electron chi connectivity index (χ3n) is 4.71. The number of hydrogen-bond acceptors (Lipinski definition) is 3. The van der Waals surface area contributed by atoms with Crippen LogP contribution in [0.15, 0.2) is 40.9 Å². The zero-order valence-corrected chi connectivity index (χ0v) is 18.1. The highest BCUT2D eigenvalue weighted by atomic mass is 79.9. The quantitative estimate of drug-likeness (QED) is 0.568. The minimum atomic E-state index is -0.554. The van der Waals surface area contributed by atoms with Gasteiger partial charge in [-0.05, 0) is 75.4 Å². The molecule has 0 spiro atoms. The van der Waals surface area contributed by atoms with Gasteiger partial charge in [-0.2, -0.15) is 0 Å². The number of carbonyl (C=O) groups is 1. The Kier molecular flexibility index (Phi) is 5.52. The van der Waals surface area contributed by atoms with Crippen molar-refractivity contribution in [3.05, 3.63) is 57.6 Å². The van der Waals surface area contributed by atoms with Crippen LogP contribution in [0.4, 0.5) is 10.5 Å². The second kappa shape index (κ2) is 7.55. The fourth-order valence-electron chi connectivity index (χ4n) is 3.42. The molecule has 1 aliphatic heterocycles. The van der Waals surface area contributed by atoms with E-state index in [0.29, 0.717) is 0 Å². The Labute approximate surface area is 169 Å². The number of ether oxygens (including phenoxy) is 2. The maximum Gasteiger partial charge on any atom is 0.415 e. The van der Waals surface area contributed by atoms with Gasteiger partial charge in [0.25, 0.3) is 0 Å². The van der Waals surface area contributed by atoms with Crippen LogP contribution in [0.2, 0.25) is 0 Å². The minimum absolute atomic E-state index is 0.0761. The van der Waals surface area contributed by atoms with Crippen molar-refractivity contribution in [1.82, 2.24) is 0 Å². The molecular formula is C22H26BrNO3. The normalized spacial score (nSPS) is 16.7. The molecule has 0 radical (unpaired) electrons. The van der Waals surface area contributed by atoms with E-state index in [0.717, 1.165) is 34.3 Å². The molecule has 0 aliphatic carbocycles. The molecule has 1 heterocycles. The van der Waals surface area contributed by atoms with Gasteiger partial charge >= 0.3 is 6.09 Å². The van der Waals surface area contributed by atoms with Gasteiger partial charge in [-0.1, -0.05) is 34.1 Å². The summed E-state index contributed by atoms with van der Waals surface area (Å²) in [5.74, 6) is 0.803. The number of benzene rings is 2. The lowest BCUT2D eigenvalue weighted by Gasteiger charge is -2.38. The van der Waals surface area contributed by atoms with Crippen LogP contribution >= 0.6 is 15.9 Å². The standard InChI is InChI=1S/C22H26BrNO3/c1-14-12-16-8-11-19(15-6-9-17(26-5)10-7-15)24(20(16)13-18(14)23)21(25)27-22(2,3)4/h6-7,9-10,12-13,19H,8,11H2,1-5H3. The third-order valence-corrected chi connectivity index (χ3v) is 5.56. The zero-order chi connectivity index (χ0) is 19.8. The molecule has 0 fully saturated rings. The Bertz CT molecular complexity index is 840. The molecule has 0 N–H and O–H groups in total. The number of nitrogens with zero attached hydrogens (tertiary/aromatic N) is 1. The van der Waals surface area contributed by atoms with E-state index >= 15 is 0 Å². The predicted molar refractivity (Wildman–Crippen MR) is 112 cm³/mol. The average molecular weight is 432 g/mol. The summed E-state index contributed by atoms with van der Waals surface area (Å²) in [7, 11) is 1.65. The molecule has 1 aliphatic rings. The number of methoxy groups -OCH3 is 1. The summed E-state index contributed by atoms with van der Waals surface area (Å²) >= 11 is 3.61. The smallest absolute Gasteiger partial charge is 0.415 e. The molecular weight excluding hydrogens is 406 g/mol. The van der Waals surface area contributed by atoms with Crippen molar-refractivity contribution >= 4 is 27.7 Å². The SMILES string of the molecule is COc1ccc(C2CCc3cc(C)c(Br)cc3N2C(=O)OC(C)(C)C)cc1. The van der Waals surface area contributed by atoms with Gasteiger partial charge in [0, 0.05) is 4.47 Å². The molecule has 1 amide bonds. The summed E-state index contributed by atoms with van der Waals surface area (Å²) in [6, 6.07) is 12.0. The van der Waals surface area contributed by atoms with Crippen molar-refractivity contribution in [1.29, 1.82) is 0 Å². The van der Waals surface area contributed by atoms with E-state index in [2.05, 4.69) is 28.9 Å². The first-order valence-corrected chi connectivity index (χ1v) is 9.94. The number of carbonyl (C=O) groups excluding carboxylic acids is 1. The lowest BCUT2D eigenvalue weighted by molar-refractivity contribution is 0.0560. The van der Waals surface area contributed by atoms with E-state index in [-0.39, 0.29) is 12.1 Å². The van der Waals surface area contributed by atoms with Crippen molar-refractivity contribution in [2.24, 2.45) is 0 Å². The van der Waals surface area contributed by atoms with Crippen LogP contribution in [0, 0.1) is 6.92 Å². The summed E-state index contributed by atoms with van der Waals surface area (Å²) in [5, 5.41) is 0. The van der Waals surface area contributed by atoms with Gasteiger partial charge in [0.05, 0.1) is 18.8 Å². The van der Waals surface area contributed by atoms with Gasteiger partial charge in [-0.25, -0.2) is 4.79 Å². The molecule has 0 aromatic heterocycles. The van der Waals surface area contributed by atoms with Crippen LogP contribution in [-0.4, -0.2) is 18.8 Å². The Morgan fingerprint density at radius 1 is 1.19 bits per heavy atom. The molecule has 0 saturated carbocycles. The Balaban J connectivity index is 2.06. The van der Waals surface area contributed by atoms with Crippen LogP contribution < -0.4 is 9.64 Å².